The van der Waals surface area contributed by atoms with Crippen LogP contribution >= 0.6 is 0 Å². The molecule has 3 saturated carbocycles. The molecule has 0 aliphatic heterocycles. The number of hydrogen-bond donors (Lipinski definition) is 0. The Morgan fingerprint density at radius 2 is 1.79 bits per heavy atom. The van der Waals surface area contributed by atoms with E-state index in [1.165, 1.54) is 6.42 Å². The first-order valence-electron chi connectivity index (χ1n) is 14.5. The molecular formula is C33H38O6. The SMILES string of the molecule is C[C@]12CC[C@H](OC(=O)C(=O)OCc3ccccc3)C[C@H]1CC[C@H]1C3=CC[C@H](c4ccc(=O)oc4)[C@@]3(C)CC[C@@H]12. The van der Waals surface area contributed by atoms with Crippen LogP contribution in [0.15, 0.2) is 69.6 Å². The lowest BCUT2D eigenvalue weighted by Crippen LogP contribution is -2.52. The van der Waals surface area contributed by atoms with Gasteiger partial charge in [0, 0.05) is 6.07 Å². The third-order valence-corrected chi connectivity index (χ3v) is 10.8. The first kappa shape index (κ1) is 26.1. The van der Waals surface area contributed by atoms with Crippen LogP contribution in [0.1, 0.15) is 82.3 Å². The normalized spacial score (nSPS) is 35.1. The Labute approximate surface area is 229 Å². The fourth-order valence-corrected chi connectivity index (χ4v) is 8.71. The van der Waals surface area contributed by atoms with Gasteiger partial charge < -0.3 is 13.9 Å². The second-order valence-corrected chi connectivity index (χ2v) is 12.6. The zero-order chi connectivity index (χ0) is 27.2. The van der Waals surface area contributed by atoms with Crippen molar-refractivity contribution in [2.45, 2.75) is 83.8 Å². The highest BCUT2D eigenvalue weighted by molar-refractivity contribution is 6.29. The van der Waals surface area contributed by atoms with Crippen molar-refractivity contribution in [2.75, 3.05) is 0 Å². The Morgan fingerprint density at radius 3 is 2.56 bits per heavy atom. The van der Waals surface area contributed by atoms with Crippen LogP contribution in [0.5, 0.6) is 0 Å². The molecule has 4 aliphatic carbocycles. The summed E-state index contributed by atoms with van der Waals surface area (Å²) >= 11 is 0. The van der Waals surface area contributed by atoms with Gasteiger partial charge in [-0.25, -0.2) is 14.4 Å². The number of carbonyl (C=O) groups is 2. The predicted molar refractivity (Wildman–Crippen MR) is 146 cm³/mol. The smallest absolute Gasteiger partial charge is 0.417 e. The average Bonchev–Trinajstić information content (AvgIpc) is 3.30. The van der Waals surface area contributed by atoms with E-state index in [-0.39, 0.29) is 29.2 Å². The van der Waals surface area contributed by atoms with Crippen molar-refractivity contribution in [3.63, 3.8) is 0 Å². The molecule has 0 unspecified atom stereocenters. The first-order chi connectivity index (χ1) is 18.8. The van der Waals surface area contributed by atoms with Crippen molar-refractivity contribution >= 4 is 11.9 Å². The van der Waals surface area contributed by atoms with E-state index in [9.17, 15) is 14.4 Å². The van der Waals surface area contributed by atoms with Gasteiger partial charge in [0.15, 0.2) is 0 Å². The first-order valence-corrected chi connectivity index (χ1v) is 14.5. The van der Waals surface area contributed by atoms with Crippen LogP contribution in [0.25, 0.3) is 0 Å². The Hall–Kier alpha value is -3.15. The predicted octanol–water partition coefficient (Wildman–Crippen LogP) is 6.34. The monoisotopic (exact) mass is 530 g/mol. The molecule has 0 radical (unpaired) electrons. The minimum absolute atomic E-state index is 0.0670. The number of esters is 2. The Kier molecular flexibility index (Phi) is 6.76. The highest BCUT2D eigenvalue weighted by Crippen LogP contribution is 2.67. The molecule has 0 amide bonds. The van der Waals surface area contributed by atoms with Crippen LogP contribution in [0.2, 0.25) is 0 Å². The van der Waals surface area contributed by atoms with Gasteiger partial charge in [0.05, 0.1) is 6.26 Å². The maximum absolute atomic E-state index is 12.5. The van der Waals surface area contributed by atoms with Gasteiger partial charge in [0.25, 0.3) is 0 Å². The van der Waals surface area contributed by atoms with Gasteiger partial charge in [-0.2, -0.15) is 0 Å². The number of allylic oxidation sites excluding steroid dienone is 2. The number of hydrogen-bond acceptors (Lipinski definition) is 6. The lowest BCUT2D eigenvalue weighted by Gasteiger charge is -2.59. The standard InChI is InChI=1S/C33H38O6/c1-32-16-14-24(39-31(36)30(35)38-19-21-6-4-3-5-7-21)18-23(32)9-10-25-27-12-11-26(22-8-13-29(34)37-20-22)33(27,2)17-15-28(25)32/h3-8,12-13,20,23-26,28H,9-11,14-19H2,1-2H3/t23-,24+,25+,26-,28+,32+,33-/m1/s1. The van der Waals surface area contributed by atoms with Crippen molar-refractivity contribution in [2.24, 2.45) is 28.6 Å². The largest absolute Gasteiger partial charge is 0.454 e. The Balaban J connectivity index is 1.08. The second-order valence-electron chi connectivity index (χ2n) is 12.6. The average molecular weight is 531 g/mol. The molecule has 1 heterocycles. The molecule has 0 bridgehead atoms. The van der Waals surface area contributed by atoms with E-state index in [0.29, 0.717) is 23.7 Å². The molecule has 39 heavy (non-hydrogen) atoms. The molecular weight excluding hydrogens is 492 g/mol. The van der Waals surface area contributed by atoms with Crippen LogP contribution in [0.4, 0.5) is 0 Å². The third-order valence-electron chi connectivity index (χ3n) is 10.8. The summed E-state index contributed by atoms with van der Waals surface area (Å²) < 4.78 is 16.1. The molecule has 1 aromatic heterocycles. The van der Waals surface area contributed by atoms with Crippen LogP contribution in [0, 0.1) is 28.6 Å². The molecule has 206 valence electrons. The summed E-state index contributed by atoms with van der Waals surface area (Å²) in [5.74, 6) is 0.257. The van der Waals surface area contributed by atoms with Gasteiger partial charge >= 0.3 is 17.6 Å². The quantitative estimate of drug-likeness (QED) is 0.261. The molecule has 4 aliphatic rings. The summed E-state index contributed by atoms with van der Waals surface area (Å²) in [5, 5.41) is 0. The van der Waals surface area contributed by atoms with Gasteiger partial charge in [0.1, 0.15) is 12.7 Å². The molecule has 0 spiro atoms. The zero-order valence-corrected chi connectivity index (χ0v) is 22.9. The van der Waals surface area contributed by atoms with E-state index in [1.807, 2.05) is 36.4 Å². The summed E-state index contributed by atoms with van der Waals surface area (Å²) in [4.78, 5) is 36.3. The van der Waals surface area contributed by atoms with Crippen molar-refractivity contribution in [1.82, 2.24) is 0 Å². The molecule has 1 aromatic carbocycles. The molecule has 7 atom stereocenters. The summed E-state index contributed by atoms with van der Waals surface area (Å²) in [6.45, 7) is 4.94. The highest BCUT2D eigenvalue weighted by atomic mass is 16.6. The molecule has 0 saturated heterocycles. The van der Waals surface area contributed by atoms with Crippen LogP contribution in [-0.2, 0) is 25.7 Å². The third kappa shape index (κ3) is 4.66. The van der Waals surface area contributed by atoms with E-state index < -0.39 is 11.9 Å². The van der Waals surface area contributed by atoms with E-state index in [2.05, 4.69) is 19.9 Å². The summed E-state index contributed by atoms with van der Waals surface area (Å²) in [6, 6.07) is 12.8. The molecule has 0 N–H and O–H groups in total. The number of ether oxygens (including phenoxy) is 2. The Bertz CT molecular complexity index is 1310. The molecule has 6 heteroatoms. The lowest BCUT2D eigenvalue weighted by molar-refractivity contribution is -0.176. The molecule has 3 fully saturated rings. The van der Waals surface area contributed by atoms with Gasteiger partial charge in [0.2, 0.25) is 0 Å². The lowest BCUT2D eigenvalue weighted by atomic mass is 9.46. The number of rotatable bonds is 4. The summed E-state index contributed by atoms with van der Waals surface area (Å²) in [5.41, 5.74) is 3.61. The summed E-state index contributed by atoms with van der Waals surface area (Å²) in [7, 11) is 0. The zero-order valence-electron chi connectivity index (χ0n) is 22.9. The van der Waals surface area contributed by atoms with Crippen LogP contribution < -0.4 is 5.63 Å². The fourth-order valence-electron chi connectivity index (χ4n) is 8.71. The number of carbonyl (C=O) groups excluding carboxylic acids is 2. The number of fused-ring (bicyclic) bond motifs is 5. The molecule has 2 aromatic rings. The van der Waals surface area contributed by atoms with E-state index in [4.69, 9.17) is 13.9 Å². The molecule has 6 rings (SSSR count). The summed E-state index contributed by atoms with van der Waals surface area (Å²) in [6.07, 6.45) is 12.1. The van der Waals surface area contributed by atoms with Crippen LogP contribution in [-0.4, -0.2) is 18.0 Å². The van der Waals surface area contributed by atoms with Gasteiger partial charge in [-0.05, 0) is 103 Å². The van der Waals surface area contributed by atoms with E-state index in [1.54, 1.807) is 17.9 Å². The van der Waals surface area contributed by atoms with Gasteiger partial charge in [-0.15, -0.1) is 0 Å². The maximum Gasteiger partial charge on any atom is 0.417 e. The molecule has 6 nitrogen and oxygen atoms in total. The van der Waals surface area contributed by atoms with E-state index >= 15 is 0 Å². The van der Waals surface area contributed by atoms with E-state index in [0.717, 1.165) is 56.1 Å². The van der Waals surface area contributed by atoms with Gasteiger partial charge in [-0.1, -0.05) is 55.8 Å². The van der Waals surface area contributed by atoms with Crippen molar-refractivity contribution in [3.8, 4) is 0 Å². The maximum atomic E-state index is 12.5. The van der Waals surface area contributed by atoms with Crippen molar-refractivity contribution in [1.29, 1.82) is 0 Å². The highest BCUT2D eigenvalue weighted by Gasteiger charge is 2.58. The minimum Gasteiger partial charge on any atom is -0.454 e. The van der Waals surface area contributed by atoms with Crippen LogP contribution in [0.3, 0.4) is 0 Å². The van der Waals surface area contributed by atoms with Crippen molar-refractivity contribution in [3.05, 3.63) is 81.9 Å². The fraction of sp³-hybridized carbons (Fsp3) is 0.545. The second kappa shape index (κ2) is 10.1. The minimum atomic E-state index is -0.914. The Morgan fingerprint density at radius 1 is 0.974 bits per heavy atom. The van der Waals surface area contributed by atoms with Crippen molar-refractivity contribution < 1.29 is 23.5 Å². The topological polar surface area (TPSA) is 82.8 Å². The van der Waals surface area contributed by atoms with Gasteiger partial charge in [-0.3, -0.25) is 0 Å². The number of benzene rings is 1.